The number of carbonyl (C=O) groups excluding carboxylic acids is 2. The third-order valence-corrected chi connectivity index (χ3v) is 5.49. The number of nitrogens with zero attached hydrogens (tertiary/aromatic N) is 3. The first kappa shape index (κ1) is 22.1. The molecule has 2 heterocycles. The summed E-state index contributed by atoms with van der Waals surface area (Å²) in [6.45, 7) is 0.711. The Bertz CT molecular complexity index is 1170. The molecule has 9 heteroatoms. The van der Waals surface area contributed by atoms with Crippen LogP contribution in [0.25, 0.3) is 11.3 Å². The van der Waals surface area contributed by atoms with Crippen molar-refractivity contribution >= 4 is 17.6 Å². The number of nitrogens with two attached hydrogens (primary N) is 2. The summed E-state index contributed by atoms with van der Waals surface area (Å²) in [7, 11) is 0. The van der Waals surface area contributed by atoms with Gasteiger partial charge in [0.2, 0.25) is 5.91 Å². The molecular weight excluding hydrogens is 422 g/mol. The third kappa shape index (κ3) is 4.73. The fourth-order valence-corrected chi connectivity index (χ4v) is 3.88. The third-order valence-electron chi connectivity index (χ3n) is 5.49. The lowest BCUT2D eigenvalue weighted by molar-refractivity contribution is -0.125. The van der Waals surface area contributed by atoms with Crippen molar-refractivity contribution in [3.63, 3.8) is 0 Å². The summed E-state index contributed by atoms with van der Waals surface area (Å²) in [6.07, 6.45) is 3.37. The number of nitrogen functional groups attached to an aromatic ring is 1. The minimum atomic E-state index is -0.671. The molecule has 1 atom stereocenters. The van der Waals surface area contributed by atoms with Gasteiger partial charge in [-0.1, -0.05) is 24.3 Å². The van der Waals surface area contributed by atoms with Crippen molar-refractivity contribution in [2.24, 2.45) is 5.73 Å². The fraction of sp³-hybridized carbons (Fsp3) is 0.208. The van der Waals surface area contributed by atoms with E-state index in [1.807, 2.05) is 30.3 Å². The van der Waals surface area contributed by atoms with E-state index >= 15 is 0 Å². The molecule has 1 saturated heterocycles. The van der Waals surface area contributed by atoms with Gasteiger partial charge in [-0.25, -0.2) is 4.68 Å². The molecule has 2 aromatic carbocycles. The van der Waals surface area contributed by atoms with Crippen LogP contribution in [-0.2, 0) is 4.79 Å². The molecule has 0 radical (unpaired) electrons. The van der Waals surface area contributed by atoms with E-state index in [0.717, 1.165) is 0 Å². The molecule has 0 aliphatic carbocycles. The summed E-state index contributed by atoms with van der Waals surface area (Å²) >= 11 is 0. The Kier molecular flexibility index (Phi) is 6.41. The van der Waals surface area contributed by atoms with Crippen molar-refractivity contribution in [2.75, 3.05) is 25.4 Å². The summed E-state index contributed by atoms with van der Waals surface area (Å²) < 4.78 is 7.39. The lowest BCUT2D eigenvalue weighted by atomic mass is 10.1. The van der Waals surface area contributed by atoms with Crippen molar-refractivity contribution < 1.29 is 19.4 Å². The van der Waals surface area contributed by atoms with Gasteiger partial charge in [-0.2, -0.15) is 5.10 Å². The van der Waals surface area contributed by atoms with Crippen molar-refractivity contribution in [1.29, 1.82) is 0 Å². The van der Waals surface area contributed by atoms with Crippen LogP contribution in [0, 0.1) is 0 Å². The summed E-state index contributed by atoms with van der Waals surface area (Å²) in [4.78, 5) is 26.1. The molecule has 5 N–H and O–H groups in total. The molecule has 1 aromatic heterocycles. The van der Waals surface area contributed by atoms with E-state index in [1.165, 1.54) is 12.2 Å². The molecule has 4 rings (SSSR count). The maximum absolute atomic E-state index is 12.2. The van der Waals surface area contributed by atoms with Crippen LogP contribution in [0.3, 0.4) is 0 Å². The summed E-state index contributed by atoms with van der Waals surface area (Å²) in [6, 6.07) is 16.4. The Hall–Kier alpha value is -4.11. The number of amides is 2. The van der Waals surface area contributed by atoms with Crippen molar-refractivity contribution in [1.82, 2.24) is 14.7 Å². The Balaban J connectivity index is 1.58. The Labute approximate surface area is 190 Å². The van der Waals surface area contributed by atoms with E-state index in [2.05, 4.69) is 5.10 Å². The average molecular weight is 447 g/mol. The number of hydrogen-bond acceptors (Lipinski definition) is 6. The molecule has 170 valence electrons. The van der Waals surface area contributed by atoms with Gasteiger partial charge >= 0.3 is 0 Å². The van der Waals surface area contributed by atoms with Crippen LogP contribution in [0.1, 0.15) is 22.8 Å². The number of carbonyl (C=O) groups is 2. The highest BCUT2D eigenvalue weighted by Gasteiger charge is 2.31. The normalized spacial score (nSPS) is 15.8. The zero-order valence-corrected chi connectivity index (χ0v) is 17.9. The van der Waals surface area contributed by atoms with E-state index in [4.69, 9.17) is 21.3 Å². The van der Waals surface area contributed by atoms with Gasteiger partial charge in [0, 0.05) is 24.7 Å². The minimum Gasteiger partial charge on any atom is -0.457 e. The molecule has 1 aliphatic rings. The maximum atomic E-state index is 12.2. The van der Waals surface area contributed by atoms with Gasteiger partial charge in [0.15, 0.2) is 0 Å². The number of ether oxygens (including phenoxy) is 1. The van der Waals surface area contributed by atoms with Crippen LogP contribution in [0.4, 0.5) is 5.82 Å². The fourth-order valence-electron chi connectivity index (χ4n) is 3.88. The van der Waals surface area contributed by atoms with Crippen LogP contribution in [-0.4, -0.2) is 51.3 Å². The second kappa shape index (κ2) is 9.58. The van der Waals surface area contributed by atoms with Gasteiger partial charge in [0.1, 0.15) is 28.6 Å². The van der Waals surface area contributed by atoms with Gasteiger partial charge in [-0.05, 0) is 42.8 Å². The van der Waals surface area contributed by atoms with Gasteiger partial charge < -0.3 is 26.2 Å². The average Bonchev–Trinajstić information content (AvgIpc) is 3.43. The lowest BCUT2D eigenvalue weighted by Crippen LogP contribution is -2.28. The minimum absolute atomic E-state index is 0.150. The molecule has 0 saturated carbocycles. The standard InChI is InChI=1S/C24H25N5O4/c25-23-21(24(26)32)22(16-8-10-19(11-9-16)33-18-5-2-1-3-6-18)27-29(23)17-12-13-28(15-17)20(31)7-4-14-30/h1-11,17,30H,12-15,25H2,(H2,26,32)/t17-/m1/s1. The molecular formula is C24H25N5O4. The SMILES string of the molecule is NC(=O)c1c(-c2ccc(Oc3ccccc3)cc2)nn([C@@H]2CCN(C(=O)C=CCO)C2)c1N. The summed E-state index contributed by atoms with van der Waals surface area (Å²) in [5.41, 5.74) is 13.1. The maximum Gasteiger partial charge on any atom is 0.254 e. The second-order valence-corrected chi connectivity index (χ2v) is 7.67. The first-order chi connectivity index (χ1) is 16.0. The number of primary amides is 1. The molecule has 0 spiro atoms. The van der Waals surface area contributed by atoms with Crippen LogP contribution >= 0.6 is 0 Å². The monoisotopic (exact) mass is 447 g/mol. The van der Waals surface area contributed by atoms with Crippen LogP contribution < -0.4 is 16.2 Å². The molecule has 9 nitrogen and oxygen atoms in total. The Morgan fingerprint density at radius 1 is 1.12 bits per heavy atom. The van der Waals surface area contributed by atoms with Crippen molar-refractivity contribution in [3.8, 4) is 22.8 Å². The quantitative estimate of drug-likeness (QED) is 0.476. The van der Waals surface area contributed by atoms with E-state index < -0.39 is 5.91 Å². The highest BCUT2D eigenvalue weighted by atomic mass is 16.5. The molecule has 1 aliphatic heterocycles. The van der Waals surface area contributed by atoms with Crippen LogP contribution in [0.15, 0.2) is 66.7 Å². The highest BCUT2D eigenvalue weighted by Crippen LogP contribution is 2.33. The number of rotatable bonds is 7. The van der Waals surface area contributed by atoms with E-state index in [1.54, 1.807) is 33.8 Å². The number of benzene rings is 2. The first-order valence-corrected chi connectivity index (χ1v) is 10.6. The molecule has 1 fully saturated rings. The lowest BCUT2D eigenvalue weighted by Gasteiger charge is -2.15. The predicted molar refractivity (Wildman–Crippen MR) is 124 cm³/mol. The topological polar surface area (TPSA) is 137 Å². The highest BCUT2D eigenvalue weighted by molar-refractivity contribution is 6.03. The summed E-state index contributed by atoms with van der Waals surface area (Å²) in [5, 5.41) is 13.5. The molecule has 33 heavy (non-hydrogen) atoms. The smallest absolute Gasteiger partial charge is 0.254 e. The molecule has 3 aromatic rings. The second-order valence-electron chi connectivity index (χ2n) is 7.67. The van der Waals surface area contributed by atoms with Crippen LogP contribution in [0.2, 0.25) is 0 Å². The first-order valence-electron chi connectivity index (χ1n) is 10.6. The number of aliphatic hydroxyl groups is 1. The number of aliphatic hydroxyl groups excluding tert-OH is 1. The number of hydrogen-bond donors (Lipinski definition) is 3. The van der Waals surface area contributed by atoms with E-state index in [-0.39, 0.29) is 29.9 Å². The van der Waals surface area contributed by atoms with Crippen molar-refractivity contribution in [3.05, 3.63) is 72.3 Å². The van der Waals surface area contributed by atoms with Crippen molar-refractivity contribution in [2.45, 2.75) is 12.5 Å². The number of aromatic nitrogens is 2. The number of anilines is 1. The largest absolute Gasteiger partial charge is 0.457 e. The Morgan fingerprint density at radius 3 is 2.48 bits per heavy atom. The molecule has 0 unspecified atom stereocenters. The summed E-state index contributed by atoms with van der Waals surface area (Å²) in [5.74, 6) is 0.661. The van der Waals surface area contributed by atoms with Gasteiger partial charge in [0.25, 0.3) is 5.91 Å². The van der Waals surface area contributed by atoms with Crippen LogP contribution in [0.5, 0.6) is 11.5 Å². The zero-order valence-electron chi connectivity index (χ0n) is 17.9. The van der Waals surface area contributed by atoms with Gasteiger partial charge in [-0.15, -0.1) is 0 Å². The van der Waals surface area contributed by atoms with Gasteiger partial charge in [0.05, 0.1) is 12.6 Å². The molecule has 2 amide bonds. The number of para-hydroxylation sites is 1. The number of likely N-dealkylation sites (tertiary alicyclic amines) is 1. The predicted octanol–water partition coefficient (Wildman–Crippen LogP) is 2.35. The van der Waals surface area contributed by atoms with Gasteiger partial charge in [-0.3, -0.25) is 9.59 Å². The van der Waals surface area contributed by atoms with E-state index in [0.29, 0.717) is 42.3 Å². The van der Waals surface area contributed by atoms with E-state index in [9.17, 15) is 9.59 Å². The zero-order chi connectivity index (χ0) is 23.4. The Morgan fingerprint density at radius 2 is 1.82 bits per heavy atom. The molecule has 0 bridgehead atoms.